The van der Waals surface area contributed by atoms with Crippen molar-refractivity contribution < 1.29 is 4.79 Å². The maximum Gasteiger partial charge on any atom is 0.150 e. The Bertz CT molecular complexity index is 343. The van der Waals surface area contributed by atoms with Crippen LogP contribution in [-0.2, 0) is 18.3 Å². The Morgan fingerprint density at radius 3 is 3.07 bits per heavy atom. The van der Waals surface area contributed by atoms with Gasteiger partial charge in [-0.05, 0) is 6.42 Å². The molecule has 4 heteroatoms. The van der Waals surface area contributed by atoms with Gasteiger partial charge in [-0.15, -0.1) is 6.58 Å². The number of carbonyl (C=O) groups excluding carboxylic acids is 1. The third-order valence-corrected chi connectivity index (χ3v) is 2.35. The summed E-state index contributed by atoms with van der Waals surface area (Å²) in [5.41, 5.74) is 5.66. The molecule has 0 radical (unpaired) electrons. The smallest absolute Gasteiger partial charge is 0.150 e. The van der Waals surface area contributed by atoms with Crippen molar-refractivity contribution in [1.82, 2.24) is 9.55 Å². The van der Waals surface area contributed by atoms with Gasteiger partial charge in [0.05, 0.1) is 6.04 Å². The average molecular weight is 207 g/mol. The van der Waals surface area contributed by atoms with Gasteiger partial charge in [0, 0.05) is 32.3 Å². The fourth-order valence-electron chi connectivity index (χ4n) is 1.37. The highest BCUT2D eigenvalue weighted by atomic mass is 16.1. The summed E-state index contributed by atoms with van der Waals surface area (Å²) in [6.07, 6.45) is 6.89. The Balaban J connectivity index is 2.40. The van der Waals surface area contributed by atoms with Crippen molar-refractivity contribution in [3.8, 4) is 0 Å². The van der Waals surface area contributed by atoms with Crippen LogP contribution in [0.2, 0.25) is 0 Å². The van der Waals surface area contributed by atoms with Crippen molar-refractivity contribution in [1.29, 1.82) is 0 Å². The van der Waals surface area contributed by atoms with Gasteiger partial charge in [0.25, 0.3) is 0 Å². The van der Waals surface area contributed by atoms with Gasteiger partial charge >= 0.3 is 0 Å². The number of hydrogen-bond donors (Lipinski definition) is 1. The predicted octanol–water partition coefficient (Wildman–Crippen LogP) is 0.825. The third-order valence-electron chi connectivity index (χ3n) is 2.35. The molecule has 0 fully saturated rings. The topological polar surface area (TPSA) is 60.9 Å². The van der Waals surface area contributed by atoms with E-state index in [0.29, 0.717) is 19.3 Å². The quantitative estimate of drug-likeness (QED) is 0.703. The zero-order chi connectivity index (χ0) is 11.3. The molecule has 15 heavy (non-hydrogen) atoms. The molecule has 0 saturated heterocycles. The van der Waals surface area contributed by atoms with Gasteiger partial charge in [0.1, 0.15) is 11.6 Å². The monoisotopic (exact) mass is 207 g/mol. The molecule has 1 aromatic rings. The molecule has 0 spiro atoms. The van der Waals surface area contributed by atoms with Crippen LogP contribution in [0.1, 0.15) is 18.7 Å². The first-order chi connectivity index (χ1) is 7.15. The van der Waals surface area contributed by atoms with Crippen molar-refractivity contribution in [2.45, 2.75) is 25.3 Å². The Labute approximate surface area is 89.8 Å². The molecule has 0 aliphatic carbocycles. The molecule has 0 amide bonds. The molecule has 82 valence electrons. The van der Waals surface area contributed by atoms with E-state index in [2.05, 4.69) is 11.6 Å². The zero-order valence-electron chi connectivity index (χ0n) is 9.02. The van der Waals surface area contributed by atoms with Crippen molar-refractivity contribution in [3.63, 3.8) is 0 Å². The molecule has 1 unspecified atom stereocenters. The minimum Gasteiger partial charge on any atom is -0.338 e. The third kappa shape index (κ3) is 3.32. The number of ketones is 1. The number of carbonyl (C=O) groups is 1. The molecule has 0 bridgehead atoms. The van der Waals surface area contributed by atoms with E-state index < -0.39 is 6.04 Å². The van der Waals surface area contributed by atoms with Crippen molar-refractivity contribution >= 4 is 5.78 Å². The fraction of sp³-hybridized carbons (Fsp3) is 0.455. The molecule has 4 nitrogen and oxygen atoms in total. The molecular formula is C11H17N3O. The minimum atomic E-state index is -0.414. The maximum atomic E-state index is 11.5. The number of nitrogens with two attached hydrogens (primary N) is 1. The summed E-state index contributed by atoms with van der Waals surface area (Å²) in [6.45, 7) is 3.56. The lowest BCUT2D eigenvalue weighted by Crippen LogP contribution is -2.30. The van der Waals surface area contributed by atoms with Gasteiger partial charge in [-0.1, -0.05) is 6.08 Å². The van der Waals surface area contributed by atoms with Gasteiger partial charge in [0.15, 0.2) is 0 Å². The van der Waals surface area contributed by atoms with Crippen LogP contribution in [-0.4, -0.2) is 21.4 Å². The molecule has 1 heterocycles. The Morgan fingerprint density at radius 1 is 1.80 bits per heavy atom. The minimum absolute atomic E-state index is 0.0675. The lowest BCUT2D eigenvalue weighted by molar-refractivity contribution is -0.120. The molecule has 1 rings (SSSR count). The van der Waals surface area contributed by atoms with E-state index in [0.717, 1.165) is 5.82 Å². The number of rotatable bonds is 6. The summed E-state index contributed by atoms with van der Waals surface area (Å²) in [7, 11) is 1.91. The summed E-state index contributed by atoms with van der Waals surface area (Å²) < 4.78 is 1.91. The first-order valence-electron chi connectivity index (χ1n) is 5.00. The van der Waals surface area contributed by atoms with Gasteiger partial charge in [-0.2, -0.15) is 0 Å². The highest BCUT2D eigenvalue weighted by Crippen LogP contribution is 2.02. The average Bonchev–Trinajstić information content (AvgIpc) is 2.61. The van der Waals surface area contributed by atoms with Gasteiger partial charge < -0.3 is 10.3 Å². The summed E-state index contributed by atoms with van der Waals surface area (Å²) in [5, 5.41) is 0. The van der Waals surface area contributed by atoms with E-state index in [1.165, 1.54) is 0 Å². The largest absolute Gasteiger partial charge is 0.338 e. The molecule has 0 aliphatic rings. The van der Waals surface area contributed by atoms with Crippen LogP contribution in [0.25, 0.3) is 0 Å². The van der Waals surface area contributed by atoms with Crippen LogP contribution >= 0.6 is 0 Å². The number of nitrogens with zero attached hydrogens (tertiary/aromatic N) is 2. The summed E-state index contributed by atoms with van der Waals surface area (Å²) in [6, 6.07) is -0.414. The molecule has 0 saturated carbocycles. The lowest BCUT2D eigenvalue weighted by Gasteiger charge is -2.07. The Kier molecular flexibility index (Phi) is 4.24. The molecule has 1 aromatic heterocycles. The lowest BCUT2D eigenvalue weighted by atomic mass is 10.1. The number of aromatic nitrogens is 2. The first-order valence-corrected chi connectivity index (χ1v) is 5.00. The summed E-state index contributed by atoms with van der Waals surface area (Å²) in [4.78, 5) is 15.7. The second-order valence-electron chi connectivity index (χ2n) is 3.55. The standard InChI is InChI=1S/C11H17N3O/c1-3-4-9(12)10(15)5-6-11-13-7-8-14(11)2/h3,7-9H,1,4-6,12H2,2H3. The van der Waals surface area contributed by atoms with Crippen LogP contribution in [0, 0.1) is 0 Å². The van der Waals surface area contributed by atoms with Crippen LogP contribution < -0.4 is 5.73 Å². The Hall–Kier alpha value is -1.42. The molecule has 2 N–H and O–H groups in total. The predicted molar refractivity (Wildman–Crippen MR) is 59.3 cm³/mol. The highest BCUT2D eigenvalue weighted by Gasteiger charge is 2.12. The molecular weight excluding hydrogens is 190 g/mol. The van der Waals surface area contributed by atoms with E-state index in [1.807, 2.05) is 17.8 Å². The second kappa shape index (κ2) is 5.46. The second-order valence-corrected chi connectivity index (χ2v) is 3.55. The van der Waals surface area contributed by atoms with Crippen molar-refractivity contribution in [3.05, 3.63) is 30.9 Å². The van der Waals surface area contributed by atoms with Gasteiger partial charge in [-0.25, -0.2) is 4.98 Å². The maximum absolute atomic E-state index is 11.5. The number of imidazole rings is 1. The molecule has 0 aromatic carbocycles. The number of hydrogen-bond acceptors (Lipinski definition) is 3. The van der Waals surface area contributed by atoms with Crippen molar-refractivity contribution in [2.75, 3.05) is 0 Å². The van der Waals surface area contributed by atoms with Crippen LogP contribution in [0.3, 0.4) is 0 Å². The zero-order valence-corrected chi connectivity index (χ0v) is 9.02. The van der Waals surface area contributed by atoms with Gasteiger partial charge in [0.2, 0.25) is 0 Å². The number of Topliss-reactive ketones (excluding diaryl/α,β-unsaturated/α-hetero) is 1. The van der Waals surface area contributed by atoms with E-state index in [1.54, 1.807) is 12.3 Å². The highest BCUT2D eigenvalue weighted by molar-refractivity contribution is 5.84. The van der Waals surface area contributed by atoms with E-state index in [-0.39, 0.29) is 5.78 Å². The molecule has 0 aliphatic heterocycles. The van der Waals surface area contributed by atoms with Gasteiger partial charge in [-0.3, -0.25) is 4.79 Å². The Morgan fingerprint density at radius 2 is 2.53 bits per heavy atom. The molecule has 1 atom stereocenters. The SMILES string of the molecule is C=CCC(N)C(=O)CCc1nccn1C. The van der Waals surface area contributed by atoms with Crippen molar-refractivity contribution in [2.24, 2.45) is 12.8 Å². The summed E-state index contributed by atoms with van der Waals surface area (Å²) in [5.74, 6) is 0.979. The normalized spacial score (nSPS) is 12.4. The van der Waals surface area contributed by atoms with Crippen LogP contribution in [0.4, 0.5) is 0 Å². The number of aryl methyl sites for hydroxylation is 2. The summed E-state index contributed by atoms with van der Waals surface area (Å²) >= 11 is 0. The fourth-order valence-corrected chi connectivity index (χ4v) is 1.37. The first kappa shape index (κ1) is 11.7. The van der Waals surface area contributed by atoms with Crippen LogP contribution in [0.15, 0.2) is 25.0 Å². The van der Waals surface area contributed by atoms with E-state index in [4.69, 9.17) is 5.73 Å². The van der Waals surface area contributed by atoms with E-state index in [9.17, 15) is 4.79 Å². The van der Waals surface area contributed by atoms with E-state index >= 15 is 0 Å². The van der Waals surface area contributed by atoms with Crippen LogP contribution in [0.5, 0.6) is 0 Å².